The highest BCUT2D eigenvalue weighted by Gasteiger charge is 2.55. The number of hydrogen-bond donors (Lipinski definition) is 5. The van der Waals surface area contributed by atoms with Crippen LogP contribution in [0, 0.1) is 5.92 Å². The SMILES string of the molecule is CC1CC(C=Cc2ccc(OCCCC(=O)NC(CS(=O)(=O)O)C(=O)NCCN(C)CCCCCC(=O)On3c(O)ccc3O)cc2)=[N+]2C1=Cc1c(CCC[N+](C)(C)C)cc(-c3cccs3)n1[B-]2(F)F. The van der Waals surface area contributed by atoms with Crippen molar-refractivity contribution in [3.8, 4) is 28.1 Å². The molecule has 4 aromatic rings. The zero-order chi connectivity index (χ0) is 50.8. The number of carbonyl (C=O) groups is 3. The van der Waals surface area contributed by atoms with Gasteiger partial charge >= 0.3 is 12.9 Å². The first-order valence-electron chi connectivity index (χ1n) is 23.5. The lowest BCUT2D eigenvalue weighted by molar-refractivity contribution is -0.870. The number of hydrogen-bond acceptors (Lipinski definition) is 11. The van der Waals surface area contributed by atoms with E-state index in [2.05, 4.69) is 31.8 Å². The first-order valence-corrected chi connectivity index (χ1v) is 26.0. The molecular formula is C48H65BF2N7O10S2+. The number of likely N-dealkylation sites (N-methyl/N-ethyl adjacent to an activating group) is 1. The number of benzene rings is 1. The minimum Gasteiger partial charge on any atom is -0.494 e. The predicted molar refractivity (Wildman–Crippen MR) is 266 cm³/mol. The quantitative estimate of drug-likeness (QED) is 0.0225. The highest BCUT2D eigenvalue weighted by Crippen LogP contribution is 2.43. The van der Waals surface area contributed by atoms with Crippen LogP contribution in [0.25, 0.3) is 22.7 Å². The van der Waals surface area contributed by atoms with Gasteiger partial charge in [0.25, 0.3) is 10.1 Å². The number of carbonyl (C=O) groups excluding carboxylic acids is 3. The molecule has 5 N–H and O–H groups in total. The number of nitrogens with one attached hydrogen (secondary N) is 2. The van der Waals surface area contributed by atoms with Crippen molar-refractivity contribution in [1.82, 2.24) is 24.7 Å². The lowest BCUT2D eigenvalue weighted by Gasteiger charge is -2.31. The van der Waals surface area contributed by atoms with Crippen LogP contribution in [0.1, 0.15) is 75.1 Å². The molecule has 2 unspecified atom stereocenters. The molecular weight excluding hydrogens is 948 g/mol. The molecule has 380 valence electrons. The molecule has 2 aliphatic heterocycles. The van der Waals surface area contributed by atoms with Crippen LogP contribution in [0.3, 0.4) is 0 Å². The van der Waals surface area contributed by atoms with Crippen molar-refractivity contribution in [2.45, 2.75) is 70.8 Å². The van der Waals surface area contributed by atoms with E-state index in [0.717, 1.165) is 33.5 Å². The van der Waals surface area contributed by atoms with Gasteiger partial charge in [-0.2, -0.15) is 8.42 Å². The average Bonchev–Trinajstić information content (AvgIpc) is 4.08. The molecule has 0 aliphatic carbocycles. The normalized spacial score (nSPS) is 16.0. The summed E-state index contributed by atoms with van der Waals surface area (Å²) in [6.45, 7) is -0.0222. The summed E-state index contributed by atoms with van der Waals surface area (Å²) < 4.78 is 76.7. The zero-order valence-corrected chi connectivity index (χ0v) is 42.0. The fourth-order valence-corrected chi connectivity index (χ4v) is 9.98. The number of unbranched alkanes of at least 4 members (excludes halogenated alkanes) is 2. The van der Waals surface area contributed by atoms with Crippen molar-refractivity contribution >= 4 is 64.1 Å². The first-order chi connectivity index (χ1) is 33.1. The summed E-state index contributed by atoms with van der Waals surface area (Å²) in [6.07, 6.45) is 9.68. The molecule has 17 nitrogen and oxygen atoms in total. The minimum absolute atomic E-state index is 0.0689. The summed E-state index contributed by atoms with van der Waals surface area (Å²) in [4.78, 5) is 45.3. The van der Waals surface area contributed by atoms with Crippen molar-refractivity contribution in [2.24, 2.45) is 5.92 Å². The number of rotatable bonds is 26. The Hall–Kier alpha value is -5.81. The number of thiophene rings is 1. The fourth-order valence-electron chi connectivity index (χ4n) is 8.59. The highest BCUT2D eigenvalue weighted by molar-refractivity contribution is 7.85. The van der Waals surface area contributed by atoms with Crippen LogP contribution in [-0.2, 0) is 30.9 Å². The third-order valence-electron chi connectivity index (χ3n) is 12.1. The molecule has 0 saturated carbocycles. The van der Waals surface area contributed by atoms with Gasteiger partial charge in [-0.3, -0.25) is 14.1 Å². The highest BCUT2D eigenvalue weighted by atomic mass is 32.2. The maximum atomic E-state index is 17.0. The van der Waals surface area contributed by atoms with Crippen LogP contribution < -0.4 is 20.2 Å². The van der Waals surface area contributed by atoms with Gasteiger partial charge in [0.2, 0.25) is 23.6 Å². The van der Waals surface area contributed by atoms with Crippen LogP contribution in [0.2, 0.25) is 0 Å². The number of fused-ring (bicyclic) bond motifs is 2. The van der Waals surface area contributed by atoms with E-state index in [4.69, 9.17) is 9.57 Å². The molecule has 0 bridgehead atoms. The van der Waals surface area contributed by atoms with Crippen molar-refractivity contribution in [2.75, 3.05) is 66.7 Å². The van der Waals surface area contributed by atoms with Crippen LogP contribution in [0.15, 0.2) is 71.8 Å². The van der Waals surface area contributed by atoms with Crippen LogP contribution >= 0.6 is 11.3 Å². The lowest BCUT2D eigenvalue weighted by atomic mass is 9.88. The van der Waals surface area contributed by atoms with Crippen LogP contribution in [-0.4, -0.2) is 149 Å². The molecule has 6 rings (SSSR count). The standard InChI is InChI=1S/C48H64BF2N7O10S2/c1-34-30-37(55-40(34)32-41-36(12-9-27-58(3,4)5)31-42(43-13-11-29-69-43)56(41)49(55,50)51)19-16-35-17-20-38(21-18-35)67-28-10-14-44(59)53-39(33-70(64,65)66)48(63)52-24-26-54(2)25-8-6-7-15-47(62)68-57-45(60)22-23-46(57)61/h11,13,16-23,29,31-32,34,39H,6-10,12,14-15,24-28,30,33H2,1-5H3,(H4-,52,53,59,60,61,63,64,65,66)/p+1. The summed E-state index contributed by atoms with van der Waals surface area (Å²) in [5.74, 6) is -3.41. The number of halogens is 2. The molecule has 1 aromatic carbocycles. The number of aromatic hydroxyl groups is 2. The number of ether oxygens (including phenoxy) is 1. The van der Waals surface area contributed by atoms with Crippen LogP contribution in [0.5, 0.6) is 17.5 Å². The summed E-state index contributed by atoms with van der Waals surface area (Å²) in [5, 5.41) is 26.1. The minimum atomic E-state index is -4.63. The molecule has 70 heavy (non-hydrogen) atoms. The van der Waals surface area contributed by atoms with Gasteiger partial charge in [-0.15, -0.1) is 16.1 Å². The largest absolute Gasteiger partial charge is 0.737 e. The number of aromatic nitrogens is 2. The Labute approximate surface area is 412 Å². The summed E-state index contributed by atoms with van der Waals surface area (Å²) >= 11 is 1.45. The summed E-state index contributed by atoms with van der Waals surface area (Å²) in [6, 6.07) is 13.7. The number of quaternary nitrogens is 1. The third-order valence-corrected chi connectivity index (χ3v) is 13.8. The first kappa shape index (κ1) is 53.5. The van der Waals surface area contributed by atoms with Crippen molar-refractivity contribution in [1.29, 1.82) is 0 Å². The number of allylic oxidation sites excluding steroid dienone is 2. The molecule has 22 heteroatoms. The summed E-state index contributed by atoms with van der Waals surface area (Å²) in [5.41, 5.74) is 4.01. The maximum absolute atomic E-state index is 17.0. The molecule has 0 fully saturated rings. The second-order valence-electron chi connectivity index (χ2n) is 19.0. The Bertz CT molecular complexity index is 2660. The smallest absolute Gasteiger partial charge is 0.494 e. The lowest BCUT2D eigenvalue weighted by Crippen LogP contribution is -2.51. The fraction of sp³-hybridized carbons (Fsp3) is 0.458. The Morgan fingerprint density at radius 3 is 2.40 bits per heavy atom. The summed E-state index contributed by atoms with van der Waals surface area (Å²) in [7, 11) is 3.59. The Morgan fingerprint density at radius 2 is 1.73 bits per heavy atom. The van der Waals surface area contributed by atoms with Gasteiger partial charge in [-0.25, -0.2) is 4.79 Å². The van der Waals surface area contributed by atoms with Gasteiger partial charge < -0.3 is 57.4 Å². The van der Waals surface area contributed by atoms with Crippen molar-refractivity contribution in [3.63, 3.8) is 0 Å². The van der Waals surface area contributed by atoms with E-state index in [1.807, 2.05) is 66.7 Å². The Kier molecular flexibility index (Phi) is 17.9. The monoisotopic (exact) mass is 1010 g/mol. The van der Waals surface area contributed by atoms with Crippen molar-refractivity contribution < 1.29 is 64.7 Å². The molecule has 0 saturated heterocycles. The van der Waals surface area contributed by atoms with Crippen LogP contribution in [0.4, 0.5) is 8.63 Å². The maximum Gasteiger partial charge on any atom is 0.737 e. The van der Waals surface area contributed by atoms with Gasteiger partial charge in [0, 0.05) is 85.2 Å². The van der Waals surface area contributed by atoms with E-state index >= 15 is 8.63 Å². The van der Waals surface area contributed by atoms with Gasteiger partial charge in [-0.05, 0) is 86.1 Å². The Balaban J connectivity index is 0.948. The second kappa shape index (κ2) is 23.4. The topological polar surface area (TPSA) is 205 Å². The molecule has 2 amide bonds. The van der Waals surface area contributed by atoms with Crippen molar-refractivity contribution in [3.05, 3.63) is 88.6 Å². The van der Waals surface area contributed by atoms with E-state index in [0.29, 0.717) is 78.5 Å². The molecule has 0 radical (unpaired) electrons. The van der Waals surface area contributed by atoms with E-state index in [1.165, 1.54) is 32.4 Å². The van der Waals surface area contributed by atoms with E-state index in [-0.39, 0.29) is 38.3 Å². The van der Waals surface area contributed by atoms with E-state index < -0.39 is 58.4 Å². The second-order valence-corrected chi connectivity index (χ2v) is 21.4. The number of aryl methyl sites for hydroxylation is 1. The molecule has 3 aromatic heterocycles. The number of nitrogens with zero attached hydrogens (tertiary/aromatic N) is 5. The van der Waals surface area contributed by atoms with Gasteiger partial charge in [0.1, 0.15) is 29.0 Å². The number of amides is 2. The van der Waals surface area contributed by atoms with E-state index in [1.54, 1.807) is 18.2 Å². The van der Waals surface area contributed by atoms with Gasteiger partial charge in [-0.1, -0.05) is 31.5 Å². The third kappa shape index (κ3) is 14.6. The molecule has 5 heterocycles. The molecule has 0 spiro atoms. The molecule has 2 aliphatic rings. The average molecular weight is 1010 g/mol. The van der Waals surface area contributed by atoms with Gasteiger partial charge in [0.15, 0.2) is 0 Å². The van der Waals surface area contributed by atoms with Gasteiger partial charge in [0.05, 0.1) is 34.3 Å². The molecule has 2 atom stereocenters. The zero-order valence-electron chi connectivity index (χ0n) is 40.4. The van der Waals surface area contributed by atoms with E-state index in [9.17, 15) is 37.6 Å². The Morgan fingerprint density at radius 1 is 1.00 bits per heavy atom. The predicted octanol–water partition coefficient (Wildman–Crippen LogP) is 5.65.